The second-order valence-electron chi connectivity index (χ2n) is 6.54. The maximum absolute atomic E-state index is 5.87. The average Bonchev–Trinajstić information content (AvgIpc) is 3.24. The number of ether oxygens (including phenoxy) is 1. The molecule has 3 aromatic carbocycles. The second kappa shape index (κ2) is 9.54. The lowest BCUT2D eigenvalue weighted by Gasteiger charge is -2.12. The van der Waals surface area contributed by atoms with Crippen LogP contribution in [0.25, 0.3) is 16.5 Å². The van der Waals surface area contributed by atoms with E-state index in [0.717, 1.165) is 35.4 Å². The number of thioether (sulfide) groups is 1. The highest BCUT2D eigenvalue weighted by molar-refractivity contribution is 7.99. The molecule has 0 aliphatic heterocycles. The lowest BCUT2D eigenvalue weighted by Crippen LogP contribution is -2.83. The van der Waals surface area contributed by atoms with Gasteiger partial charge in [-0.25, -0.2) is 0 Å². The molecule has 0 aliphatic rings. The Hall–Kier alpha value is -2.90. The molecule has 0 saturated carbocycles. The molecule has 0 aliphatic carbocycles. The summed E-state index contributed by atoms with van der Waals surface area (Å²) in [6.07, 6.45) is 0. The first-order chi connectivity index (χ1) is 14.4. The van der Waals surface area contributed by atoms with Gasteiger partial charge < -0.3 is 10.1 Å². The summed E-state index contributed by atoms with van der Waals surface area (Å²) in [5.74, 6) is 1.89. The maximum Gasteiger partial charge on any atom is 0.214 e. The standard InChI is InChI=1S/C22H23N5OS/c1-2-28-21-13-12-17-8-6-7-11-19(17)20(21)16-23-14-15-29-22-24-25-26-27(22)18-9-4-3-5-10-18/h3-13,23H,2,14-16H2,1H3/p+1. The molecular formula is C22H24N5OS+. The molecular weight excluding hydrogens is 382 g/mol. The van der Waals surface area contributed by atoms with E-state index in [2.05, 4.69) is 57.2 Å². The van der Waals surface area contributed by atoms with Gasteiger partial charge in [-0.2, -0.15) is 4.68 Å². The minimum absolute atomic E-state index is 0.670. The molecule has 29 heavy (non-hydrogen) atoms. The predicted molar refractivity (Wildman–Crippen MR) is 115 cm³/mol. The topological polar surface area (TPSA) is 69.4 Å². The molecule has 0 unspecified atom stereocenters. The largest absolute Gasteiger partial charge is 0.493 e. The fourth-order valence-electron chi connectivity index (χ4n) is 3.30. The zero-order chi connectivity index (χ0) is 19.9. The summed E-state index contributed by atoms with van der Waals surface area (Å²) in [7, 11) is 0. The van der Waals surface area contributed by atoms with Crippen LogP contribution >= 0.6 is 11.8 Å². The van der Waals surface area contributed by atoms with Crippen LogP contribution in [0, 0.1) is 0 Å². The van der Waals surface area contributed by atoms with Crippen LogP contribution in [0.15, 0.2) is 71.9 Å². The molecule has 4 aromatic rings. The van der Waals surface area contributed by atoms with Gasteiger partial charge in [0.15, 0.2) is 0 Å². The van der Waals surface area contributed by atoms with Crippen molar-refractivity contribution in [2.75, 3.05) is 18.9 Å². The van der Waals surface area contributed by atoms with Crippen LogP contribution in [0.3, 0.4) is 0 Å². The van der Waals surface area contributed by atoms with Gasteiger partial charge in [0.05, 0.1) is 30.2 Å². The third-order valence-corrected chi connectivity index (χ3v) is 5.59. The van der Waals surface area contributed by atoms with Gasteiger partial charge in [0.25, 0.3) is 0 Å². The summed E-state index contributed by atoms with van der Waals surface area (Å²) in [6.45, 7) is 4.53. The number of nitrogens with two attached hydrogens (primary N) is 1. The Bertz CT molecular complexity index is 1070. The number of hydrogen-bond acceptors (Lipinski definition) is 5. The molecule has 6 nitrogen and oxygen atoms in total. The highest BCUT2D eigenvalue weighted by Crippen LogP contribution is 2.27. The fraction of sp³-hybridized carbons (Fsp3) is 0.227. The Kier molecular flexibility index (Phi) is 6.38. The molecule has 0 fully saturated rings. The van der Waals surface area contributed by atoms with E-state index in [9.17, 15) is 0 Å². The van der Waals surface area contributed by atoms with Crippen molar-refractivity contribution in [1.82, 2.24) is 20.2 Å². The highest BCUT2D eigenvalue weighted by atomic mass is 32.2. The van der Waals surface area contributed by atoms with E-state index in [-0.39, 0.29) is 0 Å². The summed E-state index contributed by atoms with van der Waals surface area (Å²) >= 11 is 1.67. The summed E-state index contributed by atoms with van der Waals surface area (Å²) in [5.41, 5.74) is 2.23. The third-order valence-electron chi connectivity index (χ3n) is 4.64. The van der Waals surface area contributed by atoms with E-state index in [4.69, 9.17) is 4.74 Å². The van der Waals surface area contributed by atoms with Gasteiger partial charge in [0, 0.05) is 0 Å². The summed E-state index contributed by atoms with van der Waals surface area (Å²) in [4.78, 5) is 0. The quantitative estimate of drug-likeness (QED) is 0.342. The van der Waals surface area contributed by atoms with E-state index in [1.807, 2.05) is 37.3 Å². The van der Waals surface area contributed by atoms with Gasteiger partial charge in [0.2, 0.25) is 5.16 Å². The SMILES string of the molecule is CCOc1ccc2ccccc2c1C[NH2+]CCSc1nnnn1-c1ccccc1. The first-order valence-electron chi connectivity index (χ1n) is 9.78. The molecule has 1 aromatic heterocycles. The van der Waals surface area contributed by atoms with Crippen molar-refractivity contribution >= 4 is 22.5 Å². The molecule has 148 valence electrons. The Morgan fingerprint density at radius 3 is 2.69 bits per heavy atom. The van der Waals surface area contributed by atoms with Gasteiger partial charge in [-0.15, -0.1) is 5.10 Å². The average molecular weight is 407 g/mol. The van der Waals surface area contributed by atoms with Crippen molar-refractivity contribution in [3.63, 3.8) is 0 Å². The summed E-state index contributed by atoms with van der Waals surface area (Å²) in [5, 5.41) is 17.7. The third kappa shape index (κ3) is 4.58. The van der Waals surface area contributed by atoms with Crippen LogP contribution < -0.4 is 10.1 Å². The fourth-order valence-corrected chi connectivity index (χ4v) is 4.12. The molecule has 4 rings (SSSR count). The highest BCUT2D eigenvalue weighted by Gasteiger charge is 2.12. The molecule has 7 heteroatoms. The van der Waals surface area contributed by atoms with Crippen LogP contribution in [-0.2, 0) is 6.54 Å². The molecule has 0 radical (unpaired) electrons. The molecule has 0 atom stereocenters. The van der Waals surface area contributed by atoms with Crippen LogP contribution in [0.1, 0.15) is 12.5 Å². The number of hydrogen-bond donors (Lipinski definition) is 1. The summed E-state index contributed by atoms with van der Waals surface area (Å²) < 4.78 is 7.65. The van der Waals surface area contributed by atoms with Crippen molar-refractivity contribution in [2.45, 2.75) is 18.6 Å². The van der Waals surface area contributed by atoms with E-state index in [0.29, 0.717) is 6.61 Å². The first kappa shape index (κ1) is 19.4. The normalized spacial score (nSPS) is 11.1. The number of para-hydroxylation sites is 1. The van der Waals surface area contributed by atoms with Crippen molar-refractivity contribution in [3.8, 4) is 11.4 Å². The monoisotopic (exact) mass is 406 g/mol. The van der Waals surface area contributed by atoms with Crippen LogP contribution in [0.5, 0.6) is 5.75 Å². The zero-order valence-electron chi connectivity index (χ0n) is 16.4. The number of tetrazole rings is 1. The zero-order valence-corrected chi connectivity index (χ0v) is 17.2. The second-order valence-corrected chi connectivity index (χ2v) is 7.60. The first-order valence-corrected chi connectivity index (χ1v) is 10.8. The smallest absolute Gasteiger partial charge is 0.214 e. The molecule has 0 amide bonds. The van der Waals surface area contributed by atoms with Crippen molar-refractivity contribution in [2.24, 2.45) is 0 Å². The van der Waals surface area contributed by atoms with Gasteiger partial charge >= 0.3 is 0 Å². The van der Waals surface area contributed by atoms with E-state index < -0.39 is 0 Å². The van der Waals surface area contributed by atoms with E-state index in [1.165, 1.54) is 16.3 Å². The number of rotatable bonds is 9. The predicted octanol–water partition coefficient (Wildman–Crippen LogP) is 3.07. The van der Waals surface area contributed by atoms with Gasteiger partial charge in [-0.3, -0.25) is 0 Å². The molecule has 1 heterocycles. The Labute approximate surface area is 174 Å². The molecule has 0 spiro atoms. The molecule has 2 N–H and O–H groups in total. The minimum atomic E-state index is 0.670. The Morgan fingerprint density at radius 1 is 1.00 bits per heavy atom. The summed E-state index contributed by atoms with van der Waals surface area (Å²) in [6, 6.07) is 22.6. The number of benzene rings is 3. The Morgan fingerprint density at radius 2 is 1.83 bits per heavy atom. The van der Waals surface area contributed by atoms with Crippen molar-refractivity contribution in [1.29, 1.82) is 0 Å². The van der Waals surface area contributed by atoms with Crippen LogP contribution in [0.2, 0.25) is 0 Å². The maximum atomic E-state index is 5.87. The molecule has 0 saturated heterocycles. The van der Waals surface area contributed by atoms with Gasteiger partial charge in [-0.1, -0.05) is 60.3 Å². The van der Waals surface area contributed by atoms with Gasteiger partial charge in [-0.05, 0) is 46.3 Å². The minimum Gasteiger partial charge on any atom is -0.493 e. The van der Waals surface area contributed by atoms with Gasteiger partial charge in [0.1, 0.15) is 12.3 Å². The lowest BCUT2D eigenvalue weighted by molar-refractivity contribution is -0.666. The number of fused-ring (bicyclic) bond motifs is 1. The number of aromatic nitrogens is 4. The Balaban J connectivity index is 1.37. The van der Waals surface area contributed by atoms with Crippen molar-refractivity contribution < 1.29 is 10.1 Å². The lowest BCUT2D eigenvalue weighted by atomic mass is 10.0. The van der Waals surface area contributed by atoms with E-state index >= 15 is 0 Å². The number of nitrogens with zero attached hydrogens (tertiary/aromatic N) is 4. The van der Waals surface area contributed by atoms with Crippen LogP contribution in [0.4, 0.5) is 0 Å². The van der Waals surface area contributed by atoms with Crippen LogP contribution in [-0.4, -0.2) is 39.1 Å². The van der Waals surface area contributed by atoms with E-state index in [1.54, 1.807) is 16.4 Å². The number of quaternary nitrogens is 1. The van der Waals surface area contributed by atoms with Crippen molar-refractivity contribution in [3.05, 3.63) is 72.3 Å². The molecule has 0 bridgehead atoms.